The minimum Gasteiger partial charge on any atom is -0.465 e. The highest BCUT2D eigenvalue weighted by Gasteiger charge is 2.44. The molecule has 0 saturated carbocycles. The first-order chi connectivity index (χ1) is 25.6. The van der Waals surface area contributed by atoms with E-state index in [0.717, 1.165) is 31.0 Å². The number of thioether (sulfide) groups is 1. The van der Waals surface area contributed by atoms with Gasteiger partial charge in [-0.25, -0.2) is 0 Å². The van der Waals surface area contributed by atoms with Gasteiger partial charge in [0.25, 0.3) is 0 Å². The summed E-state index contributed by atoms with van der Waals surface area (Å²) in [6, 6.07) is -0.997. The third-order valence-electron chi connectivity index (χ3n) is 10.2. The van der Waals surface area contributed by atoms with Crippen molar-refractivity contribution >= 4 is 23.6 Å². The predicted molar refractivity (Wildman–Crippen MR) is 213 cm³/mol. The summed E-state index contributed by atoms with van der Waals surface area (Å²) in [5, 5.41) is 54.5. The van der Waals surface area contributed by atoms with Crippen LogP contribution in [0.2, 0.25) is 0 Å². The van der Waals surface area contributed by atoms with Crippen molar-refractivity contribution in [1.29, 1.82) is 0 Å². The number of esters is 1. The Labute approximate surface area is 326 Å². The normalized spacial score (nSPS) is 22.0. The molecule has 0 aliphatic carbocycles. The van der Waals surface area contributed by atoms with Crippen LogP contribution in [-0.2, 0) is 23.8 Å². The van der Waals surface area contributed by atoms with Crippen LogP contribution in [0.15, 0.2) is 0 Å². The largest absolute Gasteiger partial charge is 0.465 e. The van der Waals surface area contributed by atoms with E-state index < -0.39 is 54.9 Å². The summed E-state index contributed by atoms with van der Waals surface area (Å²) < 4.78 is 16.2. The van der Waals surface area contributed by atoms with Crippen molar-refractivity contribution in [2.45, 2.75) is 224 Å². The predicted octanol–water partition coefficient (Wildman–Crippen LogP) is 6.72. The molecule has 1 amide bonds. The maximum atomic E-state index is 12.7. The summed E-state index contributed by atoms with van der Waals surface area (Å²) in [6.45, 7) is 5.31. The van der Waals surface area contributed by atoms with E-state index in [1.54, 1.807) is 6.92 Å². The van der Waals surface area contributed by atoms with Gasteiger partial charge in [0.1, 0.15) is 24.4 Å². The van der Waals surface area contributed by atoms with Gasteiger partial charge in [0.2, 0.25) is 5.91 Å². The number of aliphatic hydroxyl groups excluding tert-OH is 5. The molecule has 0 aromatic heterocycles. The van der Waals surface area contributed by atoms with Gasteiger partial charge in [0, 0.05) is 12.2 Å². The van der Waals surface area contributed by atoms with E-state index in [1.807, 2.05) is 0 Å². The number of ether oxygens (including phenoxy) is 3. The molecule has 1 saturated heterocycles. The fourth-order valence-corrected chi connectivity index (χ4v) is 7.64. The minimum absolute atomic E-state index is 0.0267. The van der Waals surface area contributed by atoms with Crippen LogP contribution >= 0.6 is 11.8 Å². The summed E-state index contributed by atoms with van der Waals surface area (Å²) >= 11 is 1.14. The molecule has 0 aromatic rings. The molecule has 12 heteroatoms. The zero-order chi connectivity index (χ0) is 39.1. The fraction of sp³-hybridized carbons (Fsp3) is 0.951. The van der Waals surface area contributed by atoms with Gasteiger partial charge in [0.15, 0.2) is 6.29 Å². The van der Waals surface area contributed by atoms with Gasteiger partial charge >= 0.3 is 5.97 Å². The van der Waals surface area contributed by atoms with Crippen LogP contribution in [0, 0.1) is 0 Å². The molecule has 6 N–H and O–H groups in total. The van der Waals surface area contributed by atoms with E-state index in [1.165, 1.54) is 129 Å². The average Bonchev–Trinajstić information content (AvgIpc) is 3.13. The van der Waals surface area contributed by atoms with E-state index in [2.05, 4.69) is 12.2 Å². The topological polar surface area (TPSA) is 175 Å². The second-order valence-corrected chi connectivity index (χ2v) is 16.1. The first-order valence-electron chi connectivity index (χ1n) is 21.3. The van der Waals surface area contributed by atoms with Crippen molar-refractivity contribution in [2.75, 3.05) is 24.7 Å². The van der Waals surface area contributed by atoms with Crippen molar-refractivity contribution in [1.82, 2.24) is 5.32 Å². The van der Waals surface area contributed by atoms with E-state index >= 15 is 0 Å². The van der Waals surface area contributed by atoms with Crippen LogP contribution in [0.3, 0.4) is 0 Å². The molecular formula is C41H79NO10S. The Morgan fingerprint density at radius 2 is 1.13 bits per heavy atom. The number of hydrogen-bond donors (Lipinski definition) is 6. The van der Waals surface area contributed by atoms with Crippen molar-refractivity contribution < 1.29 is 49.3 Å². The lowest BCUT2D eigenvalue weighted by Gasteiger charge is -2.40. The van der Waals surface area contributed by atoms with Gasteiger partial charge in [-0.3, -0.25) is 9.59 Å². The Morgan fingerprint density at radius 3 is 1.57 bits per heavy atom. The van der Waals surface area contributed by atoms with Crippen molar-refractivity contribution in [2.24, 2.45) is 0 Å². The SMILES string of the molecule is CCCCCCCCCCCCCCCCCCCCCCCCCC(=O)N[C@@H](CO[C@H]1OC(CSCC(=O)OCC)[C@H](O)C(O)C1O)[C@H](O)[C@@H](C)O. The lowest BCUT2D eigenvalue weighted by molar-refractivity contribution is -0.294. The third kappa shape index (κ3) is 25.0. The lowest BCUT2D eigenvalue weighted by Crippen LogP contribution is -2.60. The number of amides is 1. The Morgan fingerprint density at radius 1 is 0.679 bits per heavy atom. The maximum absolute atomic E-state index is 12.7. The average molecular weight is 778 g/mol. The Hall–Kier alpha value is -0.990. The van der Waals surface area contributed by atoms with Gasteiger partial charge < -0.3 is 45.1 Å². The molecule has 53 heavy (non-hydrogen) atoms. The summed E-state index contributed by atoms with van der Waals surface area (Å²) in [5.74, 6) is -0.549. The number of carbonyl (C=O) groups is 2. The zero-order valence-electron chi connectivity index (χ0n) is 33.6. The molecule has 3 unspecified atom stereocenters. The highest BCUT2D eigenvalue weighted by Crippen LogP contribution is 2.25. The van der Waals surface area contributed by atoms with Crippen molar-refractivity contribution in [3.63, 3.8) is 0 Å². The summed E-state index contributed by atoms with van der Waals surface area (Å²) in [5.41, 5.74) is 0. The molecule has 1 aliphatic heterocycles. The highest BCUT2D eigenvalue weighted by molar-refractivity contribution is 7.99. The first-order valence-corrected chi connectivity index (χ1v) is 22.5. The second kappa shape index (κ2) is 33.2. The molecule has 1 rings (SSSR count). The fourth-order valence-electron chi connectivity index (χ4n) is 6.76. The number of nitrogens with one attached hydrogen (secondary N) is 1. The highest BCUT2D eigenvalue weighted by atomic mass is 32.2. The standard InChI is InChI=1S/C41H79NO10S/c1-4-6-7-8-9-10-11-12-13-14-15-16-17-18-19-20-21-22-23-24-25-26-27-28-35(44)42-33(37(46)32(3)43)29-51-41-40(49)39(48)38(47)34(52-41)30-53-31-36(45)50-5-2/h32-34,37-41,43,46-49H,4-31H2,1-3H3,(H,42,44)/t32-,33+,34?,37-,38+,39?,40?,41+/m1/s1. The molecule has 0 radical (unpaired) electrons. The number of unbranched alkanes of at least 4 members (excludes halogenated alkanes) is 22. The summed E-state index contributed by atoms with van der Waals surface area (Å²) in [4.78, 5) is 24.4. The second-order valence-electron chi connectivity index (χ2n) is 15.1. The number of aliphatic hydroxyl groups is 5. The van der Waals surface area contributed by atoms with Crippen LogP contribution < -0.4 is 5.32 Å². The van der Waals surface area contributed by atoms with Crippen LogP contribution in [0.5, 0.6) is 0 Å². The third-order valence-corrected chi connectivity index (χ3v) is 11.2. The van der Waals surface area contributed by atoms with E-state index in [4.69, 9.17) is 14.2 Å². The maximum Gasteiger partial charge on any atom is 0.315 e. The van der Waals surface area contributed by atoms with Crippen molar-refractivity contribution in [3.05, 3.63) is 0 Å². The molecule has 1 heterocycles. The molecule has 8 atom stereocenters. The number of carbonyl (C=O) groups excluding carboxylic acids is 2. The van der Waals surface area contributed by atoms with E-state index in [9.17, 15) is 35.1 Å². The molecule has 314 valence electrons. The van der Waals surface area contributed by atoms with Gasteiger partial charge in [-0.15, -0.1) is 11.8 Å². The van der Waals surface area contributed by atoms with E-state index in [-0.39, 0.29) is 37.0 Å². The zero-order valence-corrected chi connectivity index (χ0v) is 34.4. The van der Waals surface area contributed by atoms with Gasteiger partial charge in [-0.05, 0) is 20.3 Å². The first kappa shape index (κ1) is 50.0. The summed E-state index contributed by atoms with van der Waals surface area (Å²) in [6.07, 6.45) is 20.8. The molecule has 11 nitrogen and oxygen atoms in total. The number of rotatable bonds is 35. The van der Waals surface area contributed by atoms with Crippen molar-refractivity contribution in [3.8, 4) is 0 Å². The molecule has 1 aliphatic rings. The van der Waals surface area contributed by atoms with Gasteiger partial charge in [-0.1, -0.05) is 148 Å². The molecule has 0 aromatic carbocycles. The quantitative estimate of drug-likeness (QED) is 0.0298. The molecular weight excluding hydrogens is 699 g/mol. The Kier molecular flexibility index (Phi) is 31.3. The Bertz CT molecular complexity index is 884. The van der Waals surface area contributed by atoms with Crippen LogP contribution in [0.1, 0.15) is 175 Å². The van der Waals surface area contributed by atoms with Gasteiger partial charge in [-0.2, -0.15) is 0 Å². The molecule has 0 bridgehead atoms. The Balaban J connectivity index is 2.15. The lowest BCUT2D eigenvalue weighted by atomic mass is 10.00. The van der Waals surface area contributed by atoms with E-state index in [0.29, 0.717) is 6.42 Å². The van der Waals surface area contributed by atoms with Gasteiger partial charge in [0.05, 0.1) is 37.2 Å². The van der Waals surface area contributed by atoms with Crippen LogP contribution in [-0.4, -0.2) is 111 Å². The smallest absolute Gasteiger partial charge is 0.315 e. The minimum atomic E-state index is -1.59. The summed E-state index contributed by atoms with van der Waals surface area (Å²) in [7, 11) is 0. The monoisotopic (exact) mass is 778 g/mol. The molecule has 0 spiro atoms. The number of hydrogen-bond acceptors (Lipinski definition) is 11. The molecule has 1 fully saturated rings. The van der Waals surface area contributed by atoms with Crippen LogP contribution in [0.25, 0.3) is 0 Å². The van der Waals surface area contributed by atoms with Crippen LogP contribution in [0.4, 0.5) is 0 Å².